The fraction of sp³-hybridized carbons (Fsp3) is 0.533. The summed E-state index contributed by atoms with van der Waals surface area (Å²) in [4.78, 5) is 16.4. The van der Waals surface area contributed by atoms with E-state index in [4.69, 9.17) is 5.73 Å². The highest BCUT2D eigenvalue weighted by molar-refractivity contribution is 5.97. The Balaban J connectivity index is 2.22. The second-order valence-electron chi connectivity index (χ2n) is 5.05. The van der Waals surface area contributed by atoms with E-state index in [1.165, 1.54) is 11.1 Å². The van der Waals surface area contributed by atoms with E-state index >= 15 is 0 Å². The molecule has 1 fully saturated rings. The van der Waals surface area contributed by atoms with Crippen molar-refractivity contribution < 1.29 is 4.79 Å². The summed E-state index contributed by atoms with van der Waals surface area (Å²) in [6.07, 6.45) is 0.952. The van der Waals surface area contributed by atoms with Gasteiger partial charge in [-0.15, -0.1) is 0 Å². The number of anilines is 1. The van der Waals surface area contributed by atoms with E-state index in [1.54, 1.807) is 0 Å². The lowest BCUT2D eigenvalue weighted by atomic mass is 10.0. The summed E-state index contributed by atoms with van der Waals surface area (Å²) in [5, 5.41) is 0. The summed E-state index contributed by atoms with van der Waals surface area (Å²) in [6, 6.07) is 6.25. The number of carbonyl (C=O) groups excluding carboxylic acids is 1. The van der Waals surface area contributed by atoms with Crippen LogP contribution in [-0.4, -0.2) is 43.5 Å². The molecule has 0 unspecified atom stereocenters. The summed E-state index contributed by atoms with van der Waals surface area (Å²) in [6.45, 7) is 7.76. The lowest BCUT2D eigenvalue weighted by Crippen LogP contribution is -2.52. The fourth-order valence-corrected chi connectivity index (χ4v) is 2.72. The highest BCUT2D eigenvalue weighted by Crippen LogP contribution is 2.27. The number of nitrogens with two attached hydrogens (primary N) is 1. The first-order valence-corrected chi connectivity index (χ1v) is 6.98. The average Bonchev–Trinajstić information content (AvgIpc) is 2.40. The van der Waals surface area contributed by atoms with E-state index in [-0.39, 0.29) is 5.91 Å². The van der Waals surface area contributed by atoms with Crippen LogP contribution < -0.4 is 10.6 Å². The van der Waals surface area contributed by atoms with Crippen molar-refractivity contribution in [3.05, 3.63) is 29.3 Å². The van der Waals surface area contributed by atoms with Crippen molar-refractivity contribution in [1.82, 2.24) is 4.90 Å². The Bertz CT molecular complexity index is 459. The minimum Gasteiger partial charge on any atom is -0.329 e. The predicted molar refractivity (Wildman–Crippen MR) is 78.4 cm³/mol. The van der Waals surface area contributed by atoms with Gasteiger partial charge in [-0.05, 0) is 24.5 Å². The number of aryl methyl sites for hydroxylation is 2. The highest BCUT2D eigenvalue weighted by atomic mass is 16.2. The second-order valence-corrected chi connectivity index (χ2v) is 5.05. The largest absolute Gasteiger partial charge is 0.329 e. The van der Waals surface area contributed by atoms with E-state index in [9.17, 15) is 4.79 Å². The molecule has 1 heterocycles. The molecular formula is C15H23N3O. The first kappa shape index (κ1) is 14.0. The summed E-state index contributed by atoms with van der Waals surface area (Å²) in [5.41, 5.74) is 9.10. The van der Waals surface area contributed by atoms with Crippen LogP contribution >= 0.6 is 0 Å². The Hall–Kier alpha value is -1.39. The molecule has 4 nitrogen and oxygen atoms in total. The molecule has 1 saturated heterocycles. The van der Waals surface area contributed by atoms with Crippen molar-refractivity contribution in [3.63, 3.8) is 0 Å². The zero-order valence-corrected chi connectivity index (χ0v) is 11.9. The molecule has 0 aliphatic carbocycles. The van der Waals surface area contributed by atoms with Crippen LogP contribution in [0.4, 0.5) is 5.69 Å². The monoisotopic (exact) mass is 261 g/mol. The van der Waals surface area contributed by atoms with E-state index in [2.05, 4.69) is 36.9 Å². The summed E-state index contributed by atoms with van der Waals surface area (Å²) < 4.78 is 0. The van der Waals surface area contributed by atoms with Gasteiger partial charge in [0.1, 0.15) is 0 Å². The number of para-hydroxylation sites is 1. The van der Waals surface area contributed by atoms with Gasteiger partial charge in [-0.25, -0.2) is 0 Å². The van der Waals surface area contributed by atoms with Crippen molar-refractivity contribution in [3.8, 4) is 0 Å². The van der Waals surface area contributed by atoms with Crippen LogP contribution in [0.25, 0.3) is 0 Å². The number of rotatable bonds is 4. The Morgan fingerprint density at radius 1 is 1.32 bits per heavy atom. The van der Waals surface area contributed by atoms with Crippen molar-refractivity contribution in [2.45, 2.75) is 20.3 Å². The van der Waals surface area contributed by atoms with E-state index in [0.717, 1.165) is 31.7 Å². The van der Waals surface area contributed by atoms with Crippen LogP contribution in [0, 0.1) is 6.92 Å². The molecule has 1 aromatic rings. The van der Waals surface area contributed by atoms with Crippen LogP contribution in [0.2, 0.25) is 0 Å². The molecule has 0 saturated carbocycles. The lowest BCUT2D eigenvalue weighted by Gasteiger charge is -2.35. The Kier molecular flexibility index (Phi) is 4.56. The maximum Gasteiger partial charge on any atom is 0.241 e. The third kappa shape index (κ3) is 2.96. The Labute approximate surface area is 115 Å². The van der Waals surface area contributed by atoms with Gasteiger partial charge in [-0.1, -0.05) is 25.1 Å². The molecule has 2 rings (SSSR count). The highest BCUT2D eigenvalue weighted by Gasteiger charge is 2.26. The Morgan fingerprint density at radius 2 is 2.11 bits per heavy atom. The smallest absolute Gasteiger partial charge is 0.241 e. The van der Waals surface area contributed by atoms with Gasteiger partial charge in [0.25, 0.3) is 0 Å². The predicted octanol–water partition coefficient (Wildman–Crippen LogP) is 1.16. The number of piperazine rings is 1. The molecule has 0 spiro atoms. The van der Waals surface area contributed by atoms with E-state index in [1.807, 2.05) is 4.90 Å². The zero-order chi connectivity index (χ0) is 13.8. The van der Waals surface area contributed by atoms with Gasteiger partial charge >= 0.3 is 0 Å². The SMILES string of the molecule is CCc1cccc(C)c1N1CCN(CCN)CC1=O. The second kappa shape index (κ2) is 6.17. The molecule has 0 bridgehead atoms. The molecule has 1 aliphatic heterocycles. The van der Waals surface area contributed by atoms with E-state index in [0.29, 0.717) is 13.1 Å². The van der Waals surface area contributed by atoms with Gasteiger partial charge in [-0.2, -0.15) is 0 Å². The molecule has 0 atom stereocenters. The summed E-state index contributed by atoms with van der Waals surface area (Å²) in [7, 11) is 0. The van der Waals surface area contributed by atoms with Crippen molar-refractivity contribution in [2.24, 2.45) is 5.73 Å². The van der Waals surface area contributed by atoms with Crippen LogP contribution in [0.1, 0.15) is 18.1 Å². The number of benzene rings is 1. The third-order valence-corrected chi connectivity index (χ3v) is 3.72. The molecule has 19 heavy (non-hydrogen) atoms. The molecule has 1 amide bonds. The molecule has 0 aromatic heterocycles. The van der Waals surface area contributed by atoms with E-state index < -0.39 is 0 Å². The molecule has 0 radical (unpaired) electrons. The van der Waals surface area contributed by atoms with Crippen LogP contribution in [0.5, 0.6) is 0 Å². The van der Waals surface area contributed by atoms with Gasteiger partial charge in [0.15, 0.2) is 0 Å². The zero-order valence-electron chi connectivity index (χ0n) is 11.9. The van der Waals surface area contributed by atoms with Gasteiger partial charge in [0.05, 0.1) is 6.54 Å². The Morgan fingerprint density at radius 3 is 2.74 bits per heavy atom. The number of amides is 1. The fourth-order valence-electron chi connectivity index (χ4n) is 2.72. The third-order valence-electron chi connectivity index (χ3n) is 3.72. The first-order valence-electron chi connectivity index (χ1n) is 6.98. The molecular weight excluding hydrogens is 238 g/mol. The lowest BCUT2D eigenvalue weighted by molar-refractivity contribution is -0.121. The van der Waals surface area contributed by atoms with Crippen molar-refractivity contribution in [1.29, 1.82) is 0 Å². The standard InChI is InChI=1S/C15H23N3O/c1-3-13-6-4-5-12(2)15(13)18-10-9-17(8-7-16)11-14(18)19/h4-6H,3,7-11,16H2,1-2H3. The summed E-state index contributed by atoms with van der Waals surface area (Å²) in [5.74, 6) is 0.184. The number of hydrogen-bond donors (Lipinski definition) is 1. The topological polar surface area (TPSA) is 49.6 Å². The maximum atomic E-state index is 12.3. The molecule has 4 heteroatoms. The molecule has 1 aliphatic rings. The number of nitrogens with zero attached hydrogens (tertiary/aromatic N) is 2. The normalized spacial score (nSPS) is 17.0. The van der Waals surface area contributed by atoms with Crippen LogP contribution in [0.15, 0.2) is 18.2 Å². The first-order chi connectivity index (χ1) is 9.17. The quantitative estimate of drug-likeness (QED) is 0.885. The van der Waals surface area contributed by atoms with Gasteiger partial charge in [0, 0.05) is 31.9 Å². The maximum absolute atomic E-state index is 12.3. The molecule has 2 N–H and O–H groups in total. The van der Waals surface area contributed by atoms with Crippen molar-refractivity contribution in [2.75, 3.05) is 37.6 Å². The van der Waals surface area contributed by atoms with Crippen molar-refractivity contribution >= 4 is 11.6 Å². The molecule has 1 aromatic carbocycles. The summed E-state index contributed by atoms with van der Waals surface area (Å²) >= 11 is 0. The van der Waals surface area contributed by atoms with Gasteiger partial charge in [-0.3, -0.25) is 9.69 Å². The van der Waals surface area contributed by atoms with Gasteiger partial charge < -0.3 is 10.6 Å². The van der Waals surface area contributed by atoms with Crippen LogP contribution in [-0.2, 0) is 11.2 Å². The minimum absolute atomic E-state index is 0.184. The number of carbonyl (C=O) groups is 1. The van der Waals surface area contributed by atoms with Gasteiger partial charge in [0.2, 0.25) is 5.91 Å². The average molecular weight is 261 g/mol. The van der Waals surface area contributed by atoms with Crippen LogP contribution in [0.3, 0.4) is 0 Å². The number of hydrogen-bond acceptors (Lipinski definition) is 3. The minimum atomic E-state index is 0.184. The molecule has 104 valence electrons.